The number of carbonyl (C=O) groups is 1. The van der Waals surface area contributed by atoms with Gasteiger partial charge in [-0.25, -0.2) is 0 Å². The molecule has 0 fully saturated rings. The molecule has 2 N–H and O–H groups in total. The van der Waals surface area contributed by atoms with Crippen molar-refractivity contribution in [2.45, 2.75) is 6.42 Å². The highest BCUT2D eigenvalue weighted by Crippen LogP contribution is 2.18. The van der Waals surface area contributed by atoms with Crippen LogP contribution in [-0.2, 0) is 4.79 Å². The summed E-state index contributed by atoms with van der Waals surface area (Å²) in [5, 5.41) is 1.94. The second-order valence-corrected chi connectivity index (χ2v) is 3.01. The Morgan fingerprint density at radius 2 is 2.56 bits per heavy atom. The van der Waals surface area contributed by atoms with Crippen molar-refractivity contribution >= 4 is 17.7 Å². The fourth-order valence-electron chi connectivity index (χ4n) is 0.747. The Kier molecular flexibility index (Phi) is 2.16. The van der Waals surface area contributed by atoms with Crippen molar-refractivity contribution in [1.82, 2.24) is 0 Å². The summed E-state index contributed by atoms with van der Waals surface area (Å²) in [5.74, 6) is 0.808. The average molecular weight is 143 g/mol. The maximum atomic E-state index is 10.5. The molecule has 1 amide bonds. The molecule has 50 valence electrons. The lowest BCUT2D eigenvalue weighted by atomic mass is 10.1. The Balaban J connectivity index is 2.50. The zero-order valence-electron chi connectivity index (χ0n) is 5.04. The molecular formula is C6H9NOS. The third-order valence-corrected chi connectivity index (χ3v) is 2.14. The second kappa shape index (κ2) is 2.92. The third kappa shape index (κ3) is 1.75. The molecule has 0 aliphatic carbocycles. The molecule has 2 nitrogen and oxygen atoms in total. The van der Waals surface area contributed by atoms with Gasteiger partial charge < -0.3 is 5.73 Å². The number of primary amides is 1. The minimum absolute atomic E-state index is 0.00810. The first-order chi connectivity index (χ1) is 4.30. The van der Waals surface area contributed by atoms with E-state index in [1.165, 1.54) is 0 Å². The van der Waals surface area contributed by atoms with E-state index >= 15 is 0 Å². The molecule has 3 heteroatoms. The van der Waals surface area contributed by atoms with Crippen LogP contribution in [0.4, 0.5) is 0 Å². The smallest absolute Gasteiger partial charge is 0.224 e. The molecule has 1 unspecified atom stereocenters. The Morgan fingerprint density at radius 1 is 1.78 bits per heavy atom. The number of amides is 1. The highest BCUT2D eigenvalue weighted by molar-refractivity contribution is 8.02. The van der Waals surface area contributed by atoms with Crippen LogP contribution in [0.2, 0.25) is 0 Å². The summed E-state index contributed by atoms with van der Waals surface area (Å²) in [4.78, 5) is 10.5. The molecule has 0 saturated carbocycles. The van der Waals surface area contributed by atoms with Gasteiger partial charge in [0, 0.05) is 0 Å². The van der Waals surface area contributed by atoms with Crippen LogP contribution in [0.1, 0.15) is 6.42 Å². The first-order valence-electron chi connectivity index (χ1n) is 2.88. The summed E-state index contributed by atoms with van der Waals surface area (Å²) in [6, 6.07) is 0. The lowest BCUT2D eigenvalue weighted by Gasteiger charge is -2.10. The van der Waals surface area contributed by atoms with Crippen molar-refractivity contribution in [1.29, 1.82) is 0 Å². The molecule has 9 heavy (non-hydrogen) atoms. The van der Waals surface area contributed by atoms with Crippen molar-refractivity contribution in [3.63, 3.8) is 0 Å². The first kappa shape index (κ1) is 6.68. The molecule has 0 aromatic rings. The normalized spacial score (nSPS) is 26.0. The zero-order valence-corrected chi connectivity index (χ0v) is 5.86. The van der Waals surface area contributed by atoms with Gasteiger partial charge in [0.2, 0.25) is 5.91 Å². The van der Waals surface area contributed by atoms with Crippen molar-refractivity contribution in [2.75, 3.05) is 5.75 Å². The largest absolute Gasteiger partial charge is 0.369 e. The molecule has 0 radical (unpaired) electrons. The third-order valence-electron chi connectivity index (χ3n) is 1.32. The van der Waals surface area contributed by atoms with E-state index in [0.717, 1.165) is 12.2 Å². The Hall–Kier alpha value is -0.440. The molecule has 0 aromatic carbocycles. The molecular weight excluding hydrogens is 134 g/mol. The topological polar surface area (TPSA) is 43.1 Å². The van der Waals surface area contributed by atoms with Crippen LogP contribution in [-0.4, -0.2) is 11.7 Å². The standard InChI is InChI=1S/C6H9NOS/c7-6(8)5-1-3-9-4-2-5/h1,3,5H,2,4H2,(H2,7,8). The summed E-state index contributed by atoms with van der Waals surface area (Å²) in [6.07, 6.45) is 2.77. The Morgan fingerprint density at radius 3 is 2.89 bits per heavy atom. The van der Waals surface area contributed by atoms with Crippen LogP contribution in [0.3, 0.4) is 0 Å². The van der Waals surface area contributed by atoms with Crippen molar-refractivity contribution in [2.24, 2.45) is 11.7 Å². The average Bonchev–Trinajstić information content (AvgIpc) is 1.90. The van der Waals surface area contributed by atoms with Crippen LogP contribution in [0.25, 0.3) is 0 Å². The maximum absolute atomic E-state index is 10.5. The fraction of sp³-hybridized carbons (Fsp3) is 0.500. The summed E-state index contributed by atoms with van der Waals surface area (Å²) in [6.45, 7) is 0. The lowest BCUT2D eigenvalue weighted by molar-refractivity contribution is -0.120. The minimum Gasteiger partial charge on any atom is -0.369 e. The van der Waals surface area contributed by atoms with Crippen molar-refractivity contribution < 1.29 is 4.79 Å². The SMILES string of the molecule is NC(=O)C1C=CSCC1. The summed E-state index contributed by atoms with van der Waals surface area (Å²) >= 11 is 1.73. The zero-order chi connectivity index (χ0) is 6.69. The van der Waals surface area contributed by atoms with Gasteiger partial charge in [-0.05, 0) is 17.6 Å². The van der Waals surface area contributed by atoms with E-state index in [1.54, 1.807) is 11.8 Å². The molecule has 0 spiro atoms. The van der Waals surface area contributed by atoms with Crippen LogP contribution in [0.5, 0.6) is 0 Å². The van der Waals surface area contributed by atoms with Crippen LogP contribution >= 0.6 is 11.8 Å². The van der Waals surface area contributed by atoms with E-state index in [-0.39, 0.29) is 11.8 Å². The molecule has 0 bridgehead atoms. The van der Waals surface area contributed by atoms with E-state index in [2.05, 4.69) is 0 Å². The fourth-order valence-corrected chi connectivity index (χ4v) is 1.57. The number of hydrogen-bond donors (Lipinski definition) is 1. The van der Waals surface area contributed by atoms with E-state index in [0.29, 0.717) is 0 Å². The predicted octanol–water partition coefficient (Wildman–Crippen LogP) is 0.739. The summed E-state index contributed by atoms with van der Waals surface area (Å²) < 4.78 is 0. The summed E-state index contributed by atoms with van der Waals surface area (Å²) in [7, 11) is 0. The van der Waals surface area contributed by atoms with Crippen LogP contribution in [0.15, 0.2) is 11.5 Å². The van der Waals surface area contributed by atoms with Gasteiger partial charge in [0.1, 0.15) is 0 Å². The number of thioether (sulfide) groups is 1. The summed E-state index contributed by atoms with van der Waals surface area (Å²) in [5.41, 5.74) is 5.07. The monoisotopic (exact) mass is 143 g/mol. The molecule has 1 aliphatic rings. The van der Waals surface area contributed by atoms with Gasteiger partial charge in [-0.15, -0.1) is 11.8 Å². The Labute approximate surface area is 58.5 Å². The molecule has 0 saturated heterocycles. The molecule has 0 aromatic heterocycles. The quantitative estimate of drug-likeness (QED) is 0.588. The van der Waals surface area contributed by atoms with Crippen LogP contribution < -0.4 is 5.73 Å². The highest BCUT2D eigenvalue weighted by atomic mass is 32.2. The van der Waals surface area contributed by atoms with Gasteiger partial charge >= 0.3 is 0 Å². The van der Waals surface area contributed by atoms with Gasteiger partial charge in [-0.3, -0.25) is 4.79 Å². The number of rotatable bonds is 1. The molecule has 1 atom stereocenters. The van der Waals surface area contributed by atoms with Gasteiger partial charge in [0.25, 0.3) is 0 Å². The first-order valence-corrected chi connectivity index (χ1v) is 3.93. The number of nitrogens with two attached hydrogens (primary N) is 1. The highest BCUT2D eigenvalue weighted by Gasteiger charge is 2.12. The lowest BCUT2D eigenvalue weighted by Crippen LogP contribution is -2.22. The Bertz CT molecular complexity index is 144. The van der Waals surface area contributed by atoms with E-state index in [4.69, 9.17) is 5.73 Å². The minimum atomic E-state index is -0.202. The van der Waals surface area contributed by atoms with Crippen LogP contribution in [0, 0.1) is 5.92 Å². The van der Waals surface area contributed by atoms with E-state index in [1.807, 2.05) is 11.5 Å². The molecule has 1 aliphatic heterocycles. The van der Waals surface area contributed by atoms with Crippen molar-refractivity contribution in [3.8, 4) is 0 Å². The van der Waals surface area contributed by atoms with Gasteiger partial charge in [0.15, 0.2) is 0 Å². The van der Waals surface area contributed by atoms with Gasteiger partial charge in [-0.1, -0.05) is 6.08 Å². The van der Waals surface area contributed by atoms with Crippen molar-refractivity contribution in [3.05, 3.63) is 11.5 Å². The molecule has 1 heterocycles. The molecule has 1 rings (SSSR count). The predicted molar refractivity (Wildman–Crippen MR) is 38.9 cm³/mol. The second-order valence-electron chi connectivity index (χ2n) is 2.00. The number of hydrogen-bond acceptors (Lipinski definition) is 2. The van der Waals surface area contributed by atoms with E-state index in [9.17, 15) is 4.79 Å². The maximum Gasteiger partial charge on any atom is 0.224 e. The van der Waals surface area contributed by atoms with Gasteiger partial charge in [-0.2, -0.15) is 0 Å². The number of carbonyl (C=O) groups excluding carboxylic acids is 1. The van der Waals surface area contributed by atoms with Gasteiger partial charge in [0.05, 0.1) is 5.92 Å². The van der Waals surface area contributed by atoms with E-state index < -0.39 is 0 Å².